The van der Waals surface area contributed by atoms with Crippen LogP contribution in [0.25, 0.3) is 11.3 Å². The number of likely N-dealkylation sites (N-methyl/N-ethyl adjacent to an activating group) is 1. The third kappa shape index (κ3) is 3.42. The SMILES string of the molecule is CNC(C)CNC(=O)c1cc(-c2ccc(F)cc2)n[nH]1. The topological polar surface area (TPSA) is 69.8 Å². The van der Waals surface area contributed by atoms with Crippen molar-refractivity contribution in [1.29, 1.82) is 0 Å². The van der Waals surface area contributed by atoms with Crippen molar-refractivity contribution in [2.24, 2.45) is 0 Å². The minimum Gasteiger partial charge on any atom is -0.349 e. The quantitative estimate of drug-likeness (QED) is 0.776. The average molecular weight is 276 g/mol. The van der Waals surface area contributed by atoms with Crippen LogP contribution in [0.3, 0.4) is 0 Å². The van der Waals surface area contributed by atoms with E-state index in [1.165, 1.54) is 12.1 Å². The van der Waals surface area contributed by atoms with E-state index in [-0.39, 0.29) is 17.8 Å². The molecule has 2 aromatic rings. The van der Waals surface area contributed by atoms with E-state index < -0.39 is 0 Å². The minimum absolute atomic E-state index is 0.193. The summed E-state index contributed by atoms with van der Waals surface area (Å²) >= 11 is 0. The van der Waals surface area contributed by atoms with Gasteiger partial charge in [0.15, 0.2) is 0 Å². The Hall–Kier alpha value is -2.21. The Labute approximate surface area is 116 Å². The number of hydrogen-bond acceptors (Lipinski definition) is 3. The molecule has 1 unspecified atom stereocenters. The van der Waals surface area contributed by atoms with Gasteiger partial charge >= 0.3 is 0 Å². The van der Waals surface area contributed by atoms with Gasteiger partial charge in [0.2, 0.25) is 0 Å². The molecular weight excluding hydrogens is 259 g/mol. The summed E-state index contributed by atoms with van der Waals surface area (Å²) in [6.45, 7) is 2.50. The Morgan fingerprint density at radius 3 is 2.75 bits per heavy atom. The van der Waals surface area contributed by atoms with Gasteiger partial charge in [-0.3, -0.25) is 9.89 Å². The number of aromatic amines is 1. The van der Waals surface area contributed by atoms with Crippen molar-refractivity contribution in [2.45, 2.75) is 13.0 Å². The van der Waals surface area contributed by atoms with Crippen LogP contribution in [-0.2, 0) is 0 Å². The highest BCUT2D eigenvalue weighted by Crippen LogP contribution is 2.17. The second kappa shape index (κ2) is 6.29. The van der Waals surface area contributed by atoms with Gasteiger partial charge in [-0.15, -0.1) is 0 Å². The Morgan fingerprint density at radius 2 is 2.10 bits per heavy atom. The highest BCUT2D eigenvalue weighted by molar-refractivity contribution is 5.93. The summed E-state index contributed by atoms with van der Waals surface area (Å²) in [6.07, 6.45) is 0. The van der Waals surface area contributed by atoms with Crippen molar-refractivity contribution in [3.8, 4) is 11.3 Å². The predicted molar refractivity (Wildman–Crippen MR) is 74.8 cm³/mol. The zero-order chi connectivity index (χ0) is 14.5. The van der Waals surface area contributed by atoms with E-state index in [4.69, 9.17) is 0 Å². The molecule has 5 nitrogen and oxygen atoms in total. The van der Waals surface area contributed by atoms with Crippen LogP contribution in [0, 0.1) is 5.82 Å². The number of hydrogen-bond donors (Lipinski definition) is 3. The summed E-state index contributed by atoms with van der Waals surface area (Å²) in [7, 11) is 1.83. The van der Waals surface area contributed by atoms with Gasteiger partial charge < -0.3 is 10.6 Å². The molecule has 0 saturated heterocycles. The zero-order valence-electron chi connectivity index (χ0n) is 11.4. The van der Waals surface area contributed by atoms with Crippen LogP contribution in [0.1, 0.15) is 17.4 Å². The van der Waals surface area contributed by atoms with E-state index in [2.05, 4.69) is 20.8 Å². The van der Waals surface area contributed by atoms with Crippen LogP contribution >= 0.6 is 0 Å². The molecular formula is C14H17FN4O. The second-order valence-corrected chi connectivity index (χ2v) is 4.57. The van der Waals surface area contributed by atoms with Gasteiger partial charge in [-0.25, -0.2) is 4.39 Å². The largest absolute Gasteiger partial charge is 0.349 e. The monoisotopic (exact) mass is 276 g/mol. The van der Waals surface area contributed by atoms with E-state index in [1.807, 2.05) is 14.0 Å². The lowest BCUT2D eigenvalue weighted by atomic mass is 10.1. The van der Waals surface area contributed by atoms with Gasteiger partial charge in [0.05, 0.1) is 5.69 Å². The molecule has 1 heterocycles. The molecule has 0 aliphatic carbocycles. The molecule has 0 aliphatic rings. The lowest BCUT2D eigenvalue weighted by molar-refractivity contribution is 0.0945. The first kappa shape index (κ1) is 14.2. The van der Waals surface area contributed by atoms with Gasteiger partial charge in [-0.1, -0.05) is 0 Å². The van der Waals surface area contributed by atoms with Gasteiger partial charge in [0.25, 0.3) is 5.91 Å². The summed E-state index contributed by atoms with van der Waals surface area (Å²) in [5.41, 5.74) is 1.75. The highest BCUT2D eigenvalue weighted by atomic mass is 19.1. The molecule has 20 heavy (non-hydrogen) atoms. The van der Waals surface area contributed by atoms with Crippen LogP contribution in [0.2, 0.25) is 0 Å². The fraction of sp³-hybridized carbons (Fsp3) is 0.286. The summed E-state index contributed by atoms with van der Waals surface area (Å²) < 4.78 is 12.8. The van der Waals surface area contributed by atoms with Crippen molar-refractivity contribution >= 4 is 5.91 Å². The van der Waals surface area contributed by atoms with Crippen LogP contribution in [0.15, 0.2) is 30.3 Å². The van der Waals surface area contributed by atoms with E-state index in [9.17, 15) is 9.18 Å². The number of amides is 1. The molecule has 3 N–H and O–H groups in total. The summed E-state index contributed by atoms with van der Waals surface area (Å²) in [5, 5.41) is 12.6. The Balaban J connectivity index is 2.05. The van der Waals surface area contributed by atoms with Crippen molar-refractivity contribution in [3.63, 3.8) is 0 Å². The lowest BCUT2D eigenvalue weighted by Gasteiger charge is -2.10. The van der Waals surface area contributed by atoms with Crippen LogP contribution in [0.4, 0.5) is 4.39 Å². The number of H-pyrrole nitrogens is 1. The molecule has 0 bridgehead atoms. The Kier molecular flexibility index (Phi) is 4.47. The molecule has 1 atom stereocenters. The third-order valence-electron chi connectivity index (χ3n) is 3.02. The van der Waals surface area contributed by atoms with Crippen molar-refractivity contribution in [3.05, 3.63) is 41.8 Å². The summed E-state index contributed by atoms with van der Waals surface area (Å²) in [6, 6.07) is 7.80. The Morgan fingerprint density at radius 1 is 1.40 bits per heavy atom. The molecule has 106 valence electrons. The van der Waals surface area contributed by atoms with Crippen molar-refractivity contribution in [2.75, 3.05) is 13.6 Å². The zero-order valence-corrected chi connectivity index (χ0v) is 11.4. The van der Waals surface area contributed by atoms with E-state index in [0.29, 0.717) is 17.9 Å². The van der Waals surface area contributed by atoms with Crippen molar-refractivity contribution < 1.29 is 9.18 Å². The predicted octanol–water partition coefficient (Wildman–Crippen LogP) is 1.55. The number of rotatable bonds is 5. The third-order valence-corrected chi connectivity index (χ3v) is 3.02. The lowest BCUT2D eigenvalue weighted by Crippen LogP contribution is -2.37. The molecule has 0 radical (unpaired) electrons. The molecule has 0 saturated carbocycles. The molecule has 1 aromatic carbocycles. The number of nitrogens with one attached hydrogen (secondary N) is 3. The fourth-order valence-electron chi connectivity index (χ4n) is 1.65. The van der Waals surface area contributed by atoms with Crippen LogP contribution in [0.5, 0.6) is 0 Å². The molecule has 1 amide bonds. The van der Waals surface area contributed by atoms with Crippen LogP contribution < -0.4 is 10.6 Å². The van der Waals surface area contributed by atoms with Gasteiger partial charge in [-0.2, -0.15) is 5.10 Å². The van der Waals surface area contributed by atoms with Crippen LogP contribution in [-0.4, -0.2) is 35.7 Å². The summed E-state index contributed by atoms with van der Waals surface area (Å²) in [4.78, 5) is 11.9. The first-order valence-corrected chi connectivity index (χ1v) is 6.37. The smallest absolute Gasteiger partial charge is 0.269 e. The fourth-order valence-corrected chi connectivity index (χ4v) is 1.65. The average Bonchev–Trinajstić information content (AvgIpc) is 2.95. The molecule has 0 fully saturated rings. The molecule has 2 rings (SSSR count). The normalized spacial score (nSPS) is 12.2. The Bertz CT molecular complexity index is 579. The second-order valence-electron chi connectivity index (χ2n) is 4.57. The maximum Gasteiger partial charge on any atom is 0.269 e. The number of halogens is 1. The first-order valence-electron chi connectivity index (χ1n) is 6.37. The maximum absolute atomic E-state index is 12.8. The van der Waals surface area contributed by atoms with E-state index in [1.54, 1.807) is 18.2 Å². The standard InChI is InChI=1S/C14H17FN4O/c1-9(16-2)8-17-14(20)13-7-12(18-19-13)10-3-5-11(15)6-4-10/h3-7,9,16H,8H2,1-2H3,(H,17,20)(H,18,19). The minimum atomic E-state index is -0.302. The van der Waals surface area contributed by atoms with Gasteiger partial charge in [-0.05, 0) is 44.3 Å². The van der Waals surface area contributed by atoms with Gasteiger partial charge in [0.1, 0.15) is 11.5 Å². The number of nitrogens with zero attached hydrogens (tertiary/aromatic N) is 1. The number of benzene rings is 1. The molecule has 0 aliphatic heterocycles. The van der Waals surface area contributed by atoms with Gasteiger partial charge in [0, 0.05) is 18.2 Å². The maximum atomic E-state index is 12.8. The number of aromatic nitrogens is 2. The highest BCUT2D eigenvalue weighted by Gasteiger charge is 2.11. The number of carbonyl (C=O) groups is 1. The first-order chi connectivity index (χ1) is 9.60. The van der Waals surface area contributed by atoms with E-state index in [0.717, 1.165) is 5.56 Å². The van der Waals surface area contributed by atoms with E-state index >= 15 is 0 Å². The number of carbonyl (C=O) groups excluding carboxylic acids is 1. The molecule has 1 aromatic heterocycles. The molecule has 6 heteroatoms. The van der Waals surface area contributed by atoms with Crippen molar-refractivity contribution in [1.82, 2.24) is 20.8 Å². The molecule has 0 spiro atoms. The summed E-state index contributed by atoms with van der Waals surface area (Å²) in [5.74, 6) is -0.517.